The molecule has 0 bridgehead atoms. The molecule has 5 nitrogen and oxygen atoms in total. The second-order valence-electron chi connectivity index (χ2n) is 5.37. The van der Waals surface area contributed by atoms with Gasteiger partial charge >= 0.3 is 0 Å². The third-order valence-electron chi connectivity index (χ3n) is 3.72. The first-order chi connectivity index (χ1) is 10.0. The molecule has 1 atom stereocenters. The molecule has 0 amide bonds. The third kappa shape index (κ3) is 3.48. The lowest BCUT2D eigenvalue weighted by Crippen LogP contribution is -2.27. The molecular formula is C14H17N3O2S2. The van der Waals surface area contributed by atoms with E-state index < -0.39 is 10.0 Å². The highest BCUT2D eigenvalue weighted by Crippen LogP contribution is 2.24. The van der Waals surface area contributed by atoms with Crippen LogP contribution in [0.5, 0.6) is 0 Å². The van der Waals surface area contributed by atoms with Crippen LogP contribution in [0, 0.1) is 5.92 Å². The Morgan fingerprint density at radius 1 is 1.38 bits per heavy atom. The van der Waals surface area contributed by atoms with Crippen LogP contribution in [-0.2, 0) is 16.4 Å². The van der Waals surface area contributed by atoms with Gasteiger partial charge in [-0.2, -0.15) is 0 Å². The van der Waals surface area contributed by atoms with Crippen molar-refractivity contribution in [1.29, 1.82) is 0 Å². The molecule has 2 aromatic rings. The zero-order valence-corrected chi connectivity index (χ0v) is 13.4. The summed E-state index contributed by atoms with van der Waals surface area (Å²) in [5.41, 5.74) is 2.04. The van der Waals surface area contributed by atoms with Gasteiger partial charge in [-0.1, -0.05) is 6.07 Å². The monoisotopic (exact) mass is 323 g/mol. The number of hydrogen-bond acceptors (Lipinski definition) is 5. The van der Waals surface area contributed by atoms with Gasteiger partial charge in [0.1, 0.15) is 5.01 Å². The van der Waals surface area contributed by atoms with Crippen LogP contribution in [0.4, 0.5) is 0 Å². The minimum absolute atomic E-state index is 0.382. The Balaban J connectivity index is 1.64. The van der Waals surface area contributed by atoms with Crippen LogP contribution in [0.1, 0.15) is 12.0 Å². The van der Waals surface area contributed by atoms with Crippen LogP contribution in [0.15, 0.2) is 29.9 Å². The molecule has 21 heavy (non-hydrogen) atoms. The van der Waals surface area contributed by atoms with E-state index in [1.54, 1.807) is 21.8 Å². The fourth-order valence-electron chi connectivity index (χ4n) is 2.62. The maximum Gasteiger partial charge on any atom is 0.211 e. The van der Waals surface area contributed by atoms with Gasteiger partial charge in [0.2, 0.25) is 10.0 Å². The fourth-order valence-corrected chi connectivity index (χ4v) is 4.15. The van der Waals surface area contributed by atoms with Crippen molar-refractivity contribution in [3.63, 3.8) is 0 Å². The number of pyridine rings is 1. The summed E-state index contributed by atoms with van der Waals surface area (Å²) < 4.78 is 24.6. The van der Waals surface area contributed by atoms with E-state index in [0.717, 1.165) is 29.1 Å². The lowest BCUT2D eigenvalue weighted by atomic mass is 10.00. The van der Waals surface area contributed by atoms with E-state index in [0.29, 0.717) is 19.0 Å². The van der Waals surface area contributed by atoms with E-state index in [-0.39, 0.29) is 0 Å². The molecule has 112 valence electrons. The maximum atomic E-state index is 11.5. The van der Waals surface area contributed by atoms with Crippen molar-refractivity contribution in [3.05, 3.63) is 35.5 Å². The van der Waals surface area contributed by atoms with Gasteiger partial charge < -0.3 is 0 Å². The highest BCUT2D eigenvalue weighted by Gasteiger charge is 2.28. The van der Waals surface area contributed by atoms with Crippen molar-refractivity contribution in [2.75, 3.05) is 19.3 Å². The van der Waals surface area contributed by atoms with E-state index in [2.05, 4.69) is 16.0 Å². The van der Waals surface area contributed by atoms with Crippen LogP contribution in [-0.4, -0.2) is 42.0 Å². The molecular weight excluding hydrogens is 306 g/mol. The van der Waals surface area contributed by atoms with Crippen LogP contribution in [0.25, 0.3) is 10.7 Å². The molecule has 1 saturated heterocycles. The lowest BCUT2D eigenvalue weighted by molar-refractivity contribution is 0.460. The van der Waals surface area contributed by atoms with Crippen molar-refractivity contribution < 1.29 is 8.42 Å². The van der Waals surface area contributed by atoms with Crippen LogP contribution in [0.3, 0.4) is 0 Å². The summed E-state index contributed by atoms with van der Waals surface area (Å²) in [5.74, 6) is 0.382. The quantitative estimate of drug-likeness (QED) is 0.863. The number of nitrogens with zero attached hydrogens (tertiary/aromatic N) is 3. The topological polar surface area (TPSA) is 63.2 Å². The van der Waals surface area contributed by atoms with Crippen LogP contribution >= 0.6 is 11.3 Å². The van der Waals surface area contributed by atoms with Crippen molar-refractivity contribution in [2.24, 2.45) is 5.92 Å². The SMILES string of the molecule is CS(=O)(=O)N1CC[C@@H](Cc2ccc(-c3nccs3)nc2)C1. The minimum Gasteiger partial charge on any atom is -0.253 e. The maximum absolute atomic E-state index is 11.5. The summed E-state index contributed by atoms with van der Waals surface area (Å²) in [5, 5.41) is 2.86. The van der Waals surface area contributed by atoms with Crippen molar-refractivity contribution >= 4 is 21.4 Å². The zero-order chi connectivity index (χ0) is 14.9. The van der Waals surface area contributed by atoms with Gasteiger partial charge in [0, 0.05) is 30.9 Å². The molecule has 0 aromatic carbocycles. The van der Waals surface area contributed by atoms with Crippen LogP contribution < -0.4 is 0 Å². The number of aromatic nitrogens is 2. The largest absolute Gasteiger partial charge is 0.253 e. The van der Waals surface area contributed by atoms with Gasteiger partial charge in [-0.3, -0.25) is 4.98 Å². The van der Waals surface area contributed by atoms with Gasteiger partial charge in [0.15, 0.2) is 0 Å². The first kappa shape index (κ1) is 14.6. The molecule has 0 N–H and O–H groups in total. The van der Waals surface area contributed by atoms with Crippen molar-refractivity contribution in [2.45, 2.75) is 12.8 Å². The van der Waals surface area contributed by atoms with E-state index >= 15 is 0 Å². The fraction of sp³-hybridized carbons (Fsp3) is 0.429. The Bertz CT molecular complexity index is 696. The highest BCUT2D eigenvalue weighted by atomic mass is 32.2. The summed E-state index contributed by atoms with van der Waals surface area (Å²) >= 11 is 1.57. The minimum atomic E-state index is -3.05. The molecule has 1 aliphatic rings. The number of rotatable bonds is 4. The molecule has 0 radical (unpaired) electrons. The second kappa shape index (κ2) is 5.82. The summed E-state index contributed by atoms with van der Waals surface area (Å²) in [7, 11) is -3.05. The zero-order valence-electron chi connectivity index (χ0n) is 11.8. The third-order valence-corrected chi connectivity index (χ3v) is 5.78. The molecule has 3 heterocycles. The predicted octanol–water partition coefficient (Wildman–Crippen LogP) is 2.03. The Hall–Kier alpha value is -1.31. The molecule has 0 saturated carbocycles. The van der Waals surface area contributed by atoms with Gasteiger partial charge in [0.25, 0.3) is 0 Å². The summed E-state index contributed by atoms with van der Waals surface area (Å²) in [4.78, 5) is 8.69. The summed E-state index contributed by atoms with van der Waals surface area (Å²) in [6.45, 7) is 1.25. The summed E-state index contributed by atoms with van der Waals surface area (Å²) in [6.07, 6.45) is 6.71. The van der Waals surface area contributed by atoms with Gasteiger partial charge in [-0.15, -0.1) is 11.3 Å². The first-order valence-corrected chi connectivity index (χ1v) is 9.55. The van der Waals surface area contributed by atoms with Crippen LogP contribution in [0.2, 0.25) is 0 Å². The Labute approximate surface area is 128 Å². The highest BCUT2D eigenvalue weighted by molar-refractivity contribution is 7.88. The Morgan fingerprint density at radius 3 is 2.81 bits per heavy atom. The number of hydrogen-bond donors (Lipinski definition) is 0. The van der Waals surface area contributed by atoms with E-state index in [9.17, 15) is 8.42 Å². The van der Waals surface area contributed by atoms with E-state index in [1.165, 1.54) is 6.26 Å². The molecule has 3 rings (SSSR count). The molecule has 1 aliphatic heterocycles. The smallest absolute Gasteiger partial charge is 0.211 e. The molecule has 1 fully saturated rings. The standard InChI is InChI=1S/C14H17N3O2S2/c1-21(18,19)17-6-4-12(10-17)8-11-2-3-13(16-9-11)14-15-5-7-20-14/h2-3,5,7,9,12H,4,6,8,10H2,1H3/t12-/m0/s1. The average Bonchev–Trinajstić information content (AvgIpc) is 3.09. The Morgan fingerprint density at radius 2 is 2.24 bits per heavy atom. The van der Waals surface area contributed by atoms with E-state index in [4.69, 9.17) is 0 Å². The van der Waals surface area contributed by atoms with Gasteiger partial charge in [-0.25, -0.2) is 17.7 Å². The van der Waals surface area contributed by atoms with Crippen molar-refractivity contribution in [1.82, 2.24) is 14.3 Å². The first-order valence-electron chi connectivity index (χ1n) is 6.82. The second-order valence-corrected chi connectivity index (χ2v) is 8.25. The molecule has 2 aromatic heterocycles. The summed E-state index contributed by atoms with van der Waals surface area (Å²) in [6, 6.07) is 4.05. The molecule has 0 aliphatic carbocycles. The Kier molecular flexibility index (Phi) is 4.05. The van der Waals surface area contributed by atoms with Crippen molar-refractivity contribution in [3.8, 4) is 10.7 Å². The lowest BCUT2D eigenvalue weighted by Gasteiger charge is -2.13. The molecule has 0 unspecified atom stereocenters. The average molecular weight is 323 g/mol. The molecule has 7 heteroatoms. The normalized spacial score (nSPS) is 20.0. The van der Waals surface area contributed by atoms with E-state index in [1.807, 2.05) is 17.6 Å². The molecule has 0 spiro atoms. The number of thiazole rings is 1. The van der Waals surface area contributed by atoms with Gasteiger partial charge in [0.05, 0.1) is 11.9 Å². The van der Waals surface area contributed by atoms with Gasteiger partial charge in [-0.05, 0) is 30.4 Å². The predicted molar refractivity (Wildman–Crippen MR) is 83.6 cm³/mol. The number of sulfonamides is 1.